The normalized spacial score (nSPS) is 25.9. The van der Waals surface area contributed by atoms with Gasteiger partial charge in [0.05, 0.1) is 6.61 Å². The molecule has 22 heavy (non-hydrogen) atoms. The Morgan fingerprint density at radius 1 is 1.36 bits per heavy atom. The Morgan fingerprint density at radius 3 is 2.64 bits per heavy atom. The first-order valence-electron chi connectivity index (χ1n) is 8.39. The molecule has 1 spiro atoms. The van der Waals surface area contributed by atoms with E-state index in [4.69, 9.17) is 4.74 Å². The molecule has 0 bridgehead atoms. The molecule has 2 rings (SSSR count). The van der Waals surface area contributed by atoms with Gasteiger partial charge in [0.2, 0.25) is 0 Å². The molecule has 0 aliphatic carbocycles. The Kier molecular flexibility index (Phi) is 7.43. The summed E-state index contributed by atoms with van der Waals surface area (Å²) in [6, 6.07) is 0. The van der Waals surface area contributed by atoms with E-state index in [2.05, 4.69) is 42.9 Å². The zero-order chi connectivity index (χ0) is 15.5. The molecule has 5 heteroatoms. The van der Waals surface area contributed by atoms with Crippen LogP contribution in [-0.4, -0.2) is 50.8 Å². The molecule has 2 aliphatic rings. The van der Waals surface area contributed by atoms with Crippen molar-refractivity contribution in [3.05, 3.63) is 0 Å². The predicted molar refractivity (Wildman–Crippen MR) is 104 cm³/mol. The number of guanidine groups is 1. The van der Waals surface area contributed by atoms with E-state index in [-0.39, 0.29) is 24.0 Å². The molecule has 0 radical (unpaired) electrons. The smallest absolute Gasteiger partial charge is 0.193 e. The number of nitrogens with zero attached hydrogens (tertiary/aromatic N) is 2. The zero-order valence-electron chi connectivity index (χ0n) is 14.9. The summed E-state index contributed by atoms with van der Waals surface area (Å²) in [4.78, 5) is 6.91. The first kappa shape index (κ1) is 20.0. The molecule has 0 amide bonds. The summed E-state index contributed by atoms with van der Waals surface area (Å²) in [5.41, 5.74) is 0.697. The Labute approximate surface area is 153 Å². The minimum Gasteiger partial charge on any atom is -0.381 e. The molecular formula is C17H34IN3O. The molecule has 0 aromatic carbocycles. The molecule has 1 atom stereocenters. The molecule has 0 saturated carbocycles. The monoisotopic (exact) mass is 423 g/mol. The first-order chi connectivity index (χ1) is 9.86. The van der Waals surface area contributed by atoms with E-state index >= 15 is 0 Å². The van der Waals surface area contributed by atoms with Crippen LogP contribution in [0.1, 0.15) is 47.0 Å². The van der Waals surface area contributed by atoms with E-state index < -0.39 is 0 Å². The van der Waals surface area contributed by atoms with Crippen molar-refractivity contribution in [2.75, 3.05) is 39.9 Å². The lowest BCUT2D eigenvalue weighted by molar-refractivity contribution is 0.156. The van der Waals surface area contributed by atoms with Crippen LogP contribution in [0.15, 0.2) is 4.99 Å². The van der Waals surface area contributed by atoms with E-state index in [0.717, 1.165) is 44.7 Å². The van der Waals surface area contributed by atoms with Crippen LogP contribution in [0, 0.1) is 16.7 Å². The van der Waals surface area contributed by atoms with Crippen LogP contribution >= 0.6 is 24.0 Å². The van der Waals surface area contributed by atoms with Crippen LogP contribution in [0.25, 0.3) is 0 Å². The van der Waals surface area contributed by atoms with Gasteiger partial charge in [0.15, 0.2) is 5.96 Å². The first-order valence-corrected chi connectivity index (χ1v) is 8.39. The lowest BCUT2D eigenvalue weighted by Gasteiger charge is -2.30. The van der Waals surface area contributed by atoms with Crippen molar-refractivity contribution in [1.29, 1.82) is 0 Å². The molecule has 4 nitrogen and oxygen atoms in total. The number of rotatable bonds is 4. The van der Waals surface area contributed by atoms with E-state index in [1.165, 1.54) is 19.3 Å². The summed E-state index contributed by atoms with van der Waals surface area (Å²) in [6.07, 6.45) is 3.68. The van der Waals surface area contributed by atoms with Crippen LogP contribution in [0.2, 0.25) is 0 Å². The Morgan fingerprint density at radius 2 is 2.09 bits per heavy atom. The Balaban J connectivity index is 0.00000242. The molecule has 1 N–H and O–H groups in total. The highest BCUT2D eigenvalue weighted by atomic mass is 127. The molecule has 2 fully saturated rings. The van der Waals surface area contributed by atoms with E-state index in [1.807, 2.05) is 7.05 Å². The predicted octanol–water partition coefficient (Wildman–Crippen LogP) is 3.36. The number of hydrogen-bond acceptors (Lipinski definition) is 2. The molecular weight excluding hydrogens is 389 g/mol. The van der Waals surface area contributed by atoms with Gasteiger partial charge in [-0.25, -0.2) is 0 Å². The lowest BCUT2D eigenvalue weighted by atomic mass is 9.84. The maximum atomic E-state index is 5.61. The third-order valence-electron chi connectivity index (χ3n) is 4.82. The topological polar surface area (TPSA) is 36.9 Å². The summed E-state index contributed by atoms with van der Waals surface area (Å²) in [7, 11) is 1.90. The second-order valence-corrected chi connectivity index (χ2v) is 8.14. The quantitative estimate of drug-likeness (QED) is 0.428. The standard InChI is InChI=1S/C17H33N3O.HI/c1-14(2)10-16(3,4)11-19-15(18-5)20-8-6-17(12-20)7-9-21-13-17;/h14H,6-13H2,1-5H3,(H,18,19);1H. The van der Waals surface area contributed by atoms with Gasteiger partial charge in [0.1, 0.15) is 0 Å². The third kappa shape index (κ3) is 5.25. The molecule has 130 valence electrons. The van der Waals surface area contributed by atoms with Gasteiger partial charge < -0.3 is 15.0 Å². The maximum Gasteiger partial charge on any atom is 0.193 e. The molecule has 0 aromatic rings. The number of ether oxygens (including phenoxy) is 1. The lowest BCUT2D eigenvalue weighted by Crippen LogP contribution is -2.45. The fourth-order valence-electron chi connectivity index (χ4n) is 3.92. The number of likely N-dealkylation sites (tertiary alicyclic amines) is 1. The van der Waals surface area contributed by atoms with Gasteiger partial charge in [0.25, 0.3) is 0 Å². The minimum atomic E-state index is 0. The fourth-order valence-corrected chi connectivity index (χ4v) is 3.92. The van der Waals surface area contributed by atoms with Gasteiger partial charge in [0, 0.05) is 38.7 Å². The van der Waals surface area contributed by atoms with Gasteiger partial charge >= 0.3 is 0 Å². The maximum absolute atomic E-state index is 5.61. The fraction of sp³-hybridized carbons (Fsp3) is 0.941. The van der Waals surface area contributed by atoms with Gasteiger partial charge in [-0.05, 0) is 30.6 Å². The second-order valence-electron chi connectivity index (χ2n) is 8.14. The number of aliphatic imine (C=N–C) groups is 1. The van der Waals surface area contributed by atoms with Crippen molar-refractivity contribution in [3.8, 4) is 0 Å². The molecule has 2 heterocycles. The van der Waals surface area contributed by atoms with E-state index in [1.54, 1.807) is 0 Å². The average molecular weight is 423 g/mol. The zero-order valence-corrected chi connectivity index (χ0v) is 17.3. The van der Waals surface area contributed by atoms with Crippen LogP contribution in [0.3, 0.4) is 0 Å². The largest absolute Gasteiger partial charge is 0.381 e. The van der Waals surface area contributed by atoms with Crippen molar-refractivity contribution in [3.63, 3.8) is 0 Å². The average Bonchev–Trinajstić information content (AvgIpc) is 3.00. The summed E-state index contributed by atoms with van der Waals surface area (Å²) < 4.78 is 5.61. The van der Waals surface area contributed by atoms with Gasteiger partial charge in [-0.15, -0.1) is 24.0 Å². The van der Waals surface area contributed by atoms with Crippen LogP contribution < -0.4 is 5.32 Å². The second kappa shape index (κ2) is 8.18. The molecule has 2 aliphatic heterocycles. The summed E-state index contributed by atoms with van der Waals surface area (Å²) in [5, 5.41) is 3.60. The Bertz CT molecular complexity index is 376. The van der Waals surface area contributed by atoms with Crippen LogP contribution in [0.4, 0.5) is 0 Å². The summed E-state index contributed by atoms with van der Waals surface area (Å²) in [6.45, 7) is 14.3. The van der Waals surface area contributed by atoms with Crippen molar-refractivity contribution in [1.82, 2.24) is 10.2 Å². The molecule has 1 unspecified atom stereocenters. The molecule has 2 saturated heterocycles. The van der Waals surface area contributed by atoms with Gasteiger partial charge in [-0.3, -0.25) is 4.99 Å². The van der Waals surface area contributed by atoms with Gasteiger partial charge in [-0.1, -0.05) is 27.7 Å². The highest BCUT2D eigenvalue weighted by molar-refractivity contribution is 14.0. The van der Waals surface area contributed by atoms with Crippen LogP contribution in [0.5, 0.6) is 0 Å². The van der Waals surface area contributed by atoms with E-state index in [9.17, 15) is 0 Å². The van der Waals surface area contributed by atoms with E-state index in [0.29, 0.717) is 10.8 Å². The van der Waals surface area contributed by atoms with Crippen molar-refractivity contribution < 1.29 is 4.74 Å². The summed E-state index contributed by atoms with van der Waals surface area (Å²) >= 11 is 0. The van der Waals surface area contributed by atoms with Gasteiger partial charge in [-0.2, -0.15) is 0 Å². The third-order valence-corrected chi connectivity index (χ3v) is 4.82. The van der Waals surface area contributed by atoms with Crippen molar-refractivity contribution in [2.24, 2.45) is 21.7 Å². The summed E-state index contributed by atoms with van der Waals surface area (Å²) in [5.74, 6) is 1.80. The SMILES string of the molecule is CN=C(NCC(C)(C)CC(C)C)N1CCC2(CCOC2)C1.I. The highest BCUT2D eigenvalue weighted by Gasteiger charge is 2.42. The Hall–Kier alpha value is -0.0400. The number of hydrogen-bond donors (Lipinski definition) is 1. The highest BCUT2D eigenvalue weighted by Crippen LogP contribution is 2.38. The van der Waals surface area contributed by atoms with Crippen LogP contribution in [-0.2, 0) is 4.74 Å². The minimum absolute atomic E-state index is 0. The van der Waals surface area contributed by atoms with Crippen molar-refractivity contribution >= 4 is 29.9 Å². The number of nitrogens with one attached hydrogen (secondary N) is 1. The number of halogens is 1. The van der Waals surface area contributed by atoms with Crippen molar-refractivity contribution in [2.45, 2.75) is 47.0 Å². The molecule has 0 aromatic heterocycles.